The molecule has 0 bridgehead atoms. The number of halogens is 1. The lowest BCUT2D eigenvalue weighted by Gasteiger charge is -1.98. The van der Waals surface area contributed by atoms with E-state index < -0.39 is 0 Å². The number of hydrogen-bond donors (Lipinski definition) is 1. The lowest BCUT2D eigenvalue weighted by atomic mass is 10.2. The number of pyridine rings is 1. The van der Waals surface area contributed by atoms with Crippen LogP contribution in [-0.2, 0) is 4.79 Å². The summed E-state index contributed by atoms with van der Waals surface area (Å²) in [6.45, 7) is 0. The number of carbonyl (C=O) groups excluding carboxylic acids is 1. The first-order chi connectivity index (χ1) is 8.74. The molecule has 0 radical (unpaired) electrons. The van der Waals surface area contributed by atoms with Crippen LogP contribution in [0.4, 0.5) is 5.69 Å². The second-order valence-electron chi connectivity index (χ2n) is 3.67. The van der Waals surface area contributed by atoms with Gasteiger partial charge in [0, 0.05) is 16.6 Å². The number of carbonyl (C=O) groups is 1. The van der Waals surface area contributed by atoms with E-state index in [2.05, 4.69) is 26.2 Å². The molecule has 18 heavy (non-hydrogen) atoms. The van der Waals surface area contributed by atoms with Gasteiger partial charge in [0.25, 0.3) is 0 Å². The van der Waals surface area contributed by atoms with Crippen LogP contribution >= 0.6 is 15.9 Å². The maximum atomic E-state index is 11.6. The van der Waals surface area contributed by atoms with Gasteiger partial charge in [-0.05, 0) is 29.8 Å². The molecular weight excluding hydrogens is 292 g/mol. The van der Waals surface area contributed by atoms with Crippen LogP contribution in [0.5, 0.6) is 0 Å². The Bertz CT molecular complexity index is 550. The molecular formula is C14H12BrN2O+. The summed E-state index contributed by atoms with van der Waals surface area (Å²) in [5, 5.41) is 2.76. The van der Waals surface area contributed by atoms with Crippen molar-refractivity contribution in [3.05, 3.63) is 64.9 Å². The van der Waals surface area contributed by atoms with Crippen LogP contribution in [0.25, 0.3) is 6.08 Å². The zero-order valence-corrected chi connectivity index (χ0v) is 11.1. The van der Waals surface area contributed by atoms with Crippen molar-refractivity contribution in [3.63, 3.8) is 0 Å². The van der Waals surface area contributed by atoms with Crippen LogP contribution < -0.4 is 10.3 Å². The molecule has 3 nitrogen and oxygen atoms in total. The molecule has 0 saturated carbocycles. The third-order valence-corrected chi connectivity index (χ3v) is 2.80. The quantitative estimate of drug-likeness (QED) is 0.871. The molecule has 1 heterocycles. The van der Waals surface area contributed by atoms with Crippen LogP contribution in [-0.4, -0.2) is 5.91 Å². The maximum Gasteiger partial charge on any atom is 0.248 e. The Hall–Kier alpha value is -1.94. The molecule has 4 heteroatoms. The molecule has 0 aliphatic carbocycles. The van der Waals surface area contributed by atoms with Gasteiger partial charge in [0.15, 0.2) is 12.4 Å². The number of nitrogens with one attached hydrogen (secondary N) is 2. The minimum atomic E-state index is -0.155. The van der Waals surface area contributed by atoms with E-state index in [-0.39, 0.29) is 5.91 Å². The van der Waals surface area contributed by atoms with Crippen LogP contribution in [0, 0.1) is 0 Å². The summed E-state index contributed by atoms with van der Waals surface area (Å²) in [5.74, 6) is -0.155. The zero-order chi connectivity index (χ0) is 12.8. The highest BCUT2D eigenvalue weighted by Crippen LogP contribution is 2.11. The van der Waals surface area contributed by atoms with Gasteiger partial charge in [-0.1, -0.05) is 28.1 Å². The van der Waals surface area contributed by atoms with Crippen LogP contribution in [0.1, 0.15) is 5.56 Å². The molecule has 2 N–H and O–H groups in total. The van der Waals surface area contributed by atoms with Gasteiger partial charge in [-0.3, -0.25) is 4.79 Å². The van der Waals surface area contributed by atoms with E-state index in [0.29, 0.717) is 0 Å². The summed E-state index contributed by atoms with van der Waals surface area (Å²) >= 11 is 3.36. The summed E-state index contributed by atoms with van der Waals surface area (Å²) in [7, 11) is 0. The first-order valence-electron chi connectivity index (χ1n) is 5.45. The molecule has 2 rings (SSSR count). The van der Waals surface area contributed by atoms with Gasteiger partial charge in [0.05, 0.1) is 0 Å². The van der Waals surface area contributed by atoms with Gasteiger partial charge in [0.1, 0.15) is 5.69 Å². The average molecular weight is 304 g/mol. The normalized spacial score (nSPS) is 10.5. The van der Waals surface area contributed by atoms with Crippen molar-refractivity contribution >= 4 is 33.6 Å². The number of benzene rings is 1. The van der Waals surface area contributed by atoms with Gasteiger partial charge in [-0.2, -0.15) is 0 Å². The van der Waals surface area contributed by atoms with E-state index in [9.17, 15) is 4.79 Å². The van der Waals surface area contributed by atoms with E-state index in [1.54, 1.807) is 18.5 Å². The fourth-order valence-electron chi connectivity index (χ4n) is 1.40. The summed E-state index contributed by atoms with van der Waals surface area (Å²) in [5.41, 5.74) is 1.72. The number of anilines is 1. The van der Waals surface area contributed by atoms with Crippen molar-refractivity contribution in [2.75, 3.05) is 5.32 Å². The van der Waals surface area contributed by atoms with Crippen molar-refractivity contribution in [2.45, 2.75) is 0 Å². The number of amides is 1. The van der Waals surface area contributed by atoms with Gasteiger partial charge in [-0.15, -0.1) is 0 Å². The largest absolute Gasteiger partial charge is 0.317 e. The van der Waals surface area contributed by atoms with Crippen LogP contribution in [0.15, 0.2) is 59.3 Å². The SMILES string of the molecule is O=C(C=Cc1ccc(Br)cc1)Nc1ccc[nH+]c1. The zero-order valence-electron chi connectivity index (χ0n) is 9.56. The van der Waals surface area contributed by atoms with Gasteiger partial charge < -0.3 is 5.32 Å². The third-order valence-electron chi connectivity index (χ3n) is 2.27. The van der Waals surface area contributed by atoms with Crippen molar-refractivity contribution < 1.29 is 9.78 Å². The fraction of sp³-hybridized carbons (Fsp3) is 0. The second-order valence-corrected chi connectivity index (χ2v) is 4.58. The van der Waals surface area contributed by atoms with Crippen molar-refractivity contribution in [1.82, 2.24) is 0 Å². The molecule has 0 aliphatic heterocycles. The maximum absolute atomic E-state index is 11.6. The fourth-order valence-corrected chi connectivity index (χ4v) is 1.67. The third kappa shape index (κ3) is 3.82. The summed E-state index contributed by atoms with van der Waals surface area (Å²) in [6, 6.07) is 11.4. The number of aromatic nitrogens is 1. The first kappa shape index (κ1) is 12.5. The minimum Gasteiger partial charge on any atom is -0.317 e. The smallest absolute Gasteiger partial charge is 0.248 e. The van der Waals surface area contributed by atoms with E-state index in [1.807, 2.05) is 36.4 Å². The van der Waals surface area contributed by atoms with E-state index in [4.69, 9.17) is 0 Å². The summed E-state index contributed by atoms with van der Waals surface area (Å²) in [4.78, 5) is 14.5. The molecule has 0 unspecified atom stereocenters. The first-order valence-corrected chi connectivity index (χ1v) is 6.24. The Morgan fingerprint density at radius 2 is 2.00 bits per heavy atom. The Morgan fingerprint density at radius 3 is 2.67 bits per heavy atom. The molecule has 0 atom stereocenters. The minimum absolute atomic E-state index is 0.155. The number of rotatable bonds is 3. The summed E-state index contributed by atoms with van der Waals surface area (Å²) in [6.07, 6.45) is 6.79. The molecule has 2 aromatic rings. The molecule has 1 amide bonds. The Kier molecular flexibility index (Phi) is 4.25. The average Bonchev–Trinajstić information content (AvgIpc) is 2.39. The second kappa shape index (κ2) is 6.12. The monoisotopic (exact) mass is 303 g/mol. The van der Waals surface area contributed by atoms with Crippen LogP contribution in [0.2, 0.25) is 0 Å². The lowest BCUT2D eigenvalue weighted by Crippen LogP contribution is -2.10. The Morgan fingerprint density at radius 1 is 1.22 bits per heavy atom. The Labute approximate surface area is 114 Å². The molecule has 0 fully saturated rings. The summed E-state index contributed by atoms with van der Waals surface area (Å²) < 4.78 is 1.02. The Balaban J connectivity index is 1.97. The molecule has 0 aliphatic rings. The van der Waals surface area contributed by atoms with Gasteiger partial charge >= 0.3 is 0 Å². The molecule has 0 spiro atoms. The number of hydrogen-bond acceptors (Lipinski definition) is 1. The van der Waals surface area contributed by atoms with Gasteiger partial charge in [-0.25, -0.2) is 4.98 Å². The molecule has 90 valence electrons. The van der Waals surface area contributed by atoms with Crippen LogP contribution in [0.3, 0.4) is 0 Å². The lowest BCUT2D eigenvalue weighted by molar-refractivity contribution is -0.377. The standard InChI is InChI=1S/C14H11BrN2O/c15-12-6-3-11(4-7-12)5-8-14(18)17-13-2-1-9-16-10-13/h1-10H,(H,17,18)/p+1. The topological polar surface area (TPSA) is 43.2 Å². The highest BCUT2D eigenvalue weighted by Gasteiger charge is 1.98. The van der Waals surface area contributed by atoms with E-state index in [0.717, 1.165) is 15.7 Å². The van der Waals surface area contributed by atoms with Crippen molar-refractivity contribution in [1.29, 1.82) is 0 Å². The van der Waals surface area contributed by atoms with E-state index in [1.165, 1.54) is 6.08 Å². The highest BCUT2D eigenvalue weighted by molar-refractivity contribution is 9.10. The molecule has 0 saturated heterocycles. The number of aromatic amines is 1. The van der Waals surface area contributed by atoms with E-state index >= 15 is 0 Å². The predicted molar refractivity (Wildman–Crippen MR) is 74.8 cm³/mol. The van der Waals surface area contributed by atoms with Crippen molar-refractivity contribution in [3.8, 4) is 0 Å². The van der Waals surface area contributed by atoms with Gasteiger partial charge in [0.2, 0.25) is 5.91 Å². The predicted octanol–water partition coefficient (Wildman–Crippen LogP) is 2.92. The number of H-pyrrole nitrogens is 1. The molecule has 1 aromatic heterocycles. The van der Waals surface area contributed by atoms with Crippen molar-refractivity contribution in [2.24, 2.45) is 0 Å². The highest BCUT2D eigenvalue weighted by atomic mass is 79.9. The molecule has 1 aromatic carbocycles.